The molecule has 30 heavy (non-hydrogen) atoms. The fourth-order valence-corrected chi connectivity index (χ4v) is 3.39. The van der Waals surface area contributed by atoms with Gasteiger partial charge in [0.15, 0.2) is 5.96 Å². The Balaban J connectivity index is 1.48. The lowest BCUT2D eigenvalue weighted by molar-refractivity contribution is 0.339. The topological polar surface area (TPSA) is 80.7 Å². The highest BCUT2D eigenvalue weighted by Gasteiger charge is 2.04. The van der Waals surface area contributed by atoms with E-state index < -0.39 is 0 Å². The van der Waals surface area contributed by atoms with Gasteiger partial charge >= 0.3 is 0 Å². The second-order valence-electron chi connectivity index (χ2n) is 6.47. The number of ether oxygens (including phenoxy) is 2. The normalized spacial score (nSPS) is 11.2. The first kappa shape index (κ1) is 21.6. The first-order valence-corrected chi connectivity index (χ1v) is 10.8. The van der Waals surface area contributed by atoms with Gasteiger partial charge in [0.1, 0.15) is 11.5 Å². The standard InChI is InChI=1S/C22H27N5O2S/c1-4-28-19-5-7-20(8-6-19)29-21-13-17(9-11-24-21)14-26-22(23-3)25-12-10-18-15-30-16(2)27-18/h5-9,11,13,15H,4,10,12,14H2,1-3H3,(H2,23,25,26). The van der Waals surface area contributed by atoms with Crippen molar-refractivity contribution in [2.75, 3.05) is 20.2 Å². The van der Waals surface area contributed by atoms with E-state index in [1.807, 2.05) is 50.2 Å². The van der Waals surface area contributed by atoms with E-state index in [0.717, 1.165) is 40.9 Å². The summed E-state index contributed by atoms with van der Waals surface area (Å²) in [5.74, 6) is 2.82. The van der Waals surface area contributed by atoms with Gasteiger partial charge in [-0.15, -0.1) is 11.3 Å². The molecule has 158 valence electrons. The van der Waals surface area contributed by atoms with Crippen molar-refractivity contribution in [2.24, 2.45) is 4.99 Å². The summed E-state index contributed by atoms with van der Waals surface area (Å²) < 4.78 is 11.3. The number of aryl methyl sites for hydroxylation is 1. The van der Waals surface area contributed by atoms with Crippen molar-refractivity contribution in [3.63, 3.8) is 0 Å². The molecule has 0 aliphatic rings. The van der Waals surface area contributed by atoms with E-state index in [-0.39, 0.29) is 0 Å². The van der Waals surface area contributed by atoms with E-state index in [1.165, 1.54) is 0 Å². The SMILES string of the molecule is CCOc1ccc(Oc2cc(CNC(=NC)NCCc3csc(C)n3)ccn2)cc1. The largest absolute Gasteiger partial charge is 0.494 e. The molecule has 0 aliphatic carbocycles. The Morgan fingerprint density at radius 2 is 1.93 bits per heavy atom. The number of nitrogens with one attached hydrogen (secondary N) is 2. The molecule has 0 aliphatic heterocycles. The highest BCUT2D eigenvalue weighted by molar-refractivity contribution is 7.09. The van der Waals surface area contributed by atoms with Crippen molar-refractivity contribution in [3.05, 3.63) is 64.2 Å². The summed E-state index contributed by atoms with van der Waals surface area (Å²) in [6, 6.07) is 11.4. The minimum Gasteiger partial charge on any atom is -0.494 e. The molecule has 0 saturated heterocycles. The zero-order chi connectivity index (χ0) is 21.2. The summed E-state index contributed by atoms with van der Waals surface area (Å²) >= 11 is 1.67. The lowest BCUT2D eigenvalue weighted by Gasteiger charge is -2.12. The van der Waals surface area contributed by atoms with Crippen LogP contribution in [0.15, 0.2) is 53.0 Å². The second-order valence-corrected chi connectivity index (χ2v) is 7.53. The summed E-state index contributed by atoms with van der Waals surface area (Å²) in [6.45, 7) is 5.99. The number of aromatic nitrogens is 2. The lowest BCUT2D eigenvalue weighted by Crippen LogP contribution is -2.37. The van der Waals surface area contributed by atoms with E-state index in [9.17, 15) is 0 Å². The van der Waals surface area contributed by atoms with Gasteiger partial charge in [-0.1, -0.05) is 0 Å². The van der Waals surface area contributed by atoms with Gasteiger partial charge in [0, 0.05) is 44.2 Å². The van der Waals surface area contributed by atoms with E-state index >= 15 is 0 Å². The van der Waals surface area contributed by atoms with Gasteiger partial charge in [0.25, 0.3) is 0 Å². The van der Waals surface area contributed by atoms with Crippen LogP contribution in [0.3, 0.4) is 0 Å². The molecule has 2 heterocycles. The second kappa shape index (κ2) is 11.2. The number of pyridine rings is 1. The average molecular weight is 426 g/mol. The summed E-state index contributed by atoms with van der Waals surface area (Å²) in [7, 11) is 1.76. The van der Waals surface area contributed by atoms with Crippen molar-refractivity contribution in [1.29, 1.82) is 0 Å². The number of benzene rings is 1. The minimum absolute atomic E-state index is 0.542. The maximum Gasteiger partial charge on any atom is 0.219 e. The number of guanidine groups is 1. The van der Waals surface area contributed by atoms with Gasteiger partial charge in [0.2, 0.25) is 5.88 Å². The molecule has 0 spiro atoms. The highest BCUT2D eigenvalue weighted by Crippen LogP contribution is 2.23. The zero-order valence-corrected chi connectivity index (χ0v) is 18.3. The quantitative estimate of drug-likeness (QED) is 0.399. The molecule has 3 aromatic rings. The smallest absolute Gasteiger partial charge is 0.219 e. The number of thiazole rings is 1. The molecule has 0 unspecified atom stereocenters. The molecule has 0 amide bonds. The molecule has 1 aromatic carbocycles. The monoisotopic (exact) mass is 425 g/mol. The third-order valence-electron chi connectivity index (χ3n) is 4.18. The van der Waals surface area contributed by atoms with Gasteiger partial charge in [-0.3, -0.25) is 4.99 Å². The molecule has 8 heteroatoms. The van der Waals surface area contributed by atoms with Crippen LogP contribution in [0.5, 0.6) is 17.4 Å². The minimum atomic E-state index is 0.542. The Bertz CT molecular complexity index is 956. The maximum atomic E-state index is 5.85. The molecule has 3 rings (SSSR count). The number of nitrogens with zero attached hydrogens (tertiary/aromatic N) is 3. The third kappa shape index (κ3) is 6.73. The fraction of sp³-hybridized carbons (Fsp3) is 0.318. The van der Waals surface area contributed by atoms with Crippen LogP contribution in [0.2, 0.25) is 0 Å². The number of aliphatic imine (C=N–C) groups is 1. The van der Waals surface area contributed by atoms with Crippen LogP contribution in [0.25, 0.3) is 0 Å². The molecule has 0 fully saturated rings. The predicted molar refractivity (Wildman–Crippen MR) is 121 cm³/mol. The Kier molecular flexibility index (Phi) is 8.02. The Hall–Kier alpha value is -3.13. The van der Waals surface area contributed by atoms with Crippen LogP contribution in [0, 0.1) is 6.92 Å². The van der Waals surface area contributed by atoms with Crippen LogP contribution in [0.1, 0.15) is 23.2 Å². The first-order chi connectivity index (χ1) is 14.7. The molecular weight excluding hydrogens is 398 g/mol. The number of hydrogen-bond acceptors (Lipinski definition) is 6. The van der Waals surface area contributed by atoms with Crippen LogP contribution in [-0.4, -0.2) is 36.1 Å². The summed E-state index contributed by atoms with van der Waals surface area (Å²) in [5, 5.41) is 9.81. The highest BCUT2D eigenvalue weighted by atomic mass is 32.1. The molecule has 0 bridgehead atoms. The Morgan fingerprint density at radius 3 is 2.63 bits per heavy atom. The summed E-state index contributed by atoms with van der Waals surface area (Å²) in [5.41, 5.74) is 2.15. The van der Waals surface area contributed by atoms with E-state index in [1.54, 1.807) is 24.6 Å². The predicted octanol–water partition coefficient (Wildman–Crippen LogP) is 3.95. The zero-order valence-electron chi connectivity index (χ0n) is 17.5. The Labute approximate surface area is 181 Å². The van der Waals surface area contributed by atoms with Crippen molar-refractivity contribution in [2.45, 2.75) is 26.8 Å². The first-order valence-electron chi connectivity index (χ1n) is 9.87. The van der Waals surface area contributed by atoms with Gasteiger partial charge in [-0.05, 0) is 49.7 Å². The molecule has 0 atom stereocenters. The average Bonchev–Trinajstić information content (AvgIpc) is 3.17. The summed E-state index contributed by atoms with van der Waals surface area (Å²) in [4.78, 5) is 13.0. The van der Waals surface area contributed by atoms with Crippen molar-refractivity contribution >= 4 is 17.3 Å². The molecule has 7 nitrogen and oxygen atoms in total. The molecule has 2 aromatic heterocycles. The van der Waals surface area contributed by atoms with E-state index in [4.69, 9.17) is 9.47 Å². The van der Waals surface area contributed by atoms with Crippen LogP contribution >= 0.6 is 11.3 Å². The van der Waals surface area contributed by atoms with Gasteiger partial charge in [0.05, 0.1) is 17.3 Å². The molecule has 2 N–H and O–H groups in total. The van der Waals surface area contributed by atoms with Crippen LogP contribution in [0.4, 0.5) is 0 Å². The van der Waals surface area contributed by atoms with Gasteiger partial charge in [-0.25, -0.2) is 9.97 Å². The summed E-state index contributed by atoms with van der Waals surface area (Å²) in [6.07, 6.45) is 2.60. The van der Waals surface area contributed by atoms with E-state index in [2.05, 4.69) is 31.0 Å². The Morgan fingerprint density at radius 1 is 1.13 bits per heavy atom. The number of hydrogen-bond donors (Lipinski definition) is 2. The van der Waals surface area contributed by atoms with Crippen LogP contribution in [-0.2, 0) is 13.0 Å². The number of rotatable bonds is 9. The van der Waals surface area contributed by atoms with Gasteiger partial charge in [-0.2, -0.15) is 0 Å². The fourth-order valence-electron chi connectivity index (χ4n) is 2.75. The van der Waals surface area contributed by atoms with Crippen molar-refractivity contribution in [3.8, 4) is 17.4 Å². The van der Waals surface area contributed by atoms with Gasteiger partial charge < -0.3 is 20.1 Å². The van der Waals surface area contributed by atoms with Crippen molar-refractivity contribution < 1.29 is 9.47 Å². The van der Waals surface area contributed by atoms with Crippen molar-refractivity contribution in [1.82, 2.24) is 20.6 Å². The maximum absolute atomic E-state index is 5.85. The van der Waals surface area contributed by atoms with E-state index in [0.29, 0.717) is 24.8 Å². The molecule has 0 saturated carbocycles. The molecule has 0 radical (unpaired) electrons. The third-order valence-corrected chi connectivity index (χ3v) is 5.00. The molecular formula is C22H27N5O2S. The van der Waals surface area contributed by atoms with Crippen LogP contribution < -0.4 is 20.1 Å². The lowest BCUT2D eigenvalue weighted by atomic mass is 10.2.